The first-order valence-corrected chi connectivity index (χ1v) is 7.36. The molecule has 4 nitrogen and oxygen atoms in total. The molecule has 20 heavy (non-hydrogen) atoms. The quantitative estimate of drug-likeness (QED) is 0.859. The van der Waals surface area contributed by atoms with Crippen molar-refractivity contribution in [1.29, 1.82) is 0 Å². The number of hydrogen-bond donors (Lipinski definition) is 1. The van der Waals surface area contributed by atoms with Gasteiger partial charge in [-0.2, -0.15) is 0 Å². The van der Waals surface area contributed by atoms with Crippen LogP contribution < -0.4 is 0 Å². The van der Waals surface area contributed by atoms with E-state index in [9.17, 15) is 9.90 Å². The smallest absolute Gasteiger partial charge is 0.338 e. The Morgan fingerprint density at radius 3 is 2.80 bits per heavy atom. The van der Waals surface area contributed by atoms with Crippen LogP contribution in [0, 0.1) is 6.92 Å². The number of hydrogen-bond acceptors (Lipinski definition) is 4. The molecule has 0 amide bonds. The second kappa shape index (κ2) is 5.54. The molecule has 2 heterocycles. The van der Waals surface area contributed by atoms with Gasteiger partial charge in [0.05, 0.1) is 11.7 Å². The van der Waals surface area contributed by atoms with Gasteiger partial charge in [-0.05, 0) is 50.0 Å². The zero-order valence-electron chi connectivity index (χ0n) is 11.9. The van der Waals surface area contributed by atoms with Gasteiger partial charge >= 0.3 is 5.97 Å². The number of esters is 1. The lowest BCUT2D eigenvalue weighted by Crippen LogP contribution is -2.33. The lowest BCUT2D eigenvalue weighted by Gasteiger charge is -2.29. The van der Waals surface area contributed by atoms with Gasteiger partial charge in [0.25, 0.3) is 0 Å². The van der Waals surface area contributed by atoms with Crippen molar-refractivity contribution in [2.45, 2.75) is 38.9 Å². The van der Waals surface area contributed by atoms with Crippen molar-refractivity contribution in [2.75, 3.05) is 19.6 Å². The number of cyclic esters (lactones) is 1. The number of piperidine rings is 1. The molecule has 0 spiro atoms. The van der Waals surface area contributed by atoms with E-state index in [1.54, 1.807) is 6.07 Å². The van der Waals surface area contributed by atoms with Crippen LogP contribution in [0.1, 0.15) is 52.4 Å². The van der Waals surface area contributed by atoms with E-state index in [1.165, 1.54) is 19.3 Å². The highest BCUT2D eigenvalue weighted by Crippen LogP contribution is 2.29. The Bertz CT molecular complexity index is 521. The molecule has 0 aromatic heterocycles. The first-order valence-electron chi connectivity index (χ1n) is 7.36. The third kappa shape index (κ3) is 2.45. The molecule has 1 atom stereocenters. The SMILES string of the molecule is Cc1c(C(O)CN2CCCCC2)ccc2c1COC2=O. The third-order valence-electron chi connectivity index (χ3n) is 4.45. The van der Waals surface area contributed by atoms with Crippen molar-refractivity contribution in [1.82, 2.24) is 4.90 Å². The Morgan fingerprint density at radius 2 is 2.05 bits per heavy atom. The normalized spacial score (nSPS) is 20.6. The third-order valence-corrected chi connectivity index (χ3v) is 4.45. The minimum absolute atomic E-state index is 0.250. The highest BCUT2D eigenvalue weighted by Gasteiger charge is 2.26. The largest absolute Gasteiger partial charge is 0.457 e. The van der Waals surface area contributed by atoms with Crippen molar-refractivity contribution < 1.29 is 14.6 Å². The molecule has 2 aliphatic heterocycles. The molecule has 1 saturated heterocycles. The maximum absolute atomic E-state index is 11.5. The summed E-state index contributed by atoms with van der Waals surface area (Å²) in [6.45, 7) is 5.12. The number of β-amino-alcohol motifs (C(OH)–C–C–N with tert-alkyl or cyclic N) is 1. The second-order valence-electron chi connectivity index (χ2n) is 5.76. The number of fused-ring (bicyclic) bond motifs is 1. The van der Waals surface area contributed by atoms with Crippen LogP contribution in [0.25, 0.3) is 0 Å². The van der Waals surface area contributed by atoms with Gasteiger partial charge in [-0.25, -0.2) is 4.79 Å². The standard InChI is InChI=1S/C16H21NO3/c1-11-12(5-6-13-14(11)10-20-16(13)19)15(18)9-17-7-3-2-4-8-17/h5-6,15,18H,2-4,7-10H2,1H3. The zero-order chi connectivity index (χ0) is 14.1. The summed E-state index contributed by atoms with van der Waals surface area (Å²) in [7, 11) is 0. The Hall–Kier alpha value is -1.39. The van der Waals surface area contributed by atoms with Gasteiger partial charge in [0.1, 0.15) is 6.61 Å². The Morgan fingerprint density at radius 1 is 1.30 bits per heavy atom. The first-order chi connectivity index (χ1) is 9.66. The van der Waals surface area contributed by atoms with Crippen LogP contribution in [0.4, 0.5) is 0 Å². The number of carbonyl (C=O) groups is 1. The lowest BCUT2D eigenvalue weighted by atomic mass is 9.95. The van der Waals surface area contributed by atoms with Crippen LogP contribution in [-0.4, -0.2) is 35.6 Å². The first kappa shape index (κ1) is 13.6. The Labute approximate surface area is 119 Å². The molecule has 108 valence electrons. The highest BCUT2D eigenvalue weighted by atomic mass is 16.5. The number of aliphatic hydroxyl groups excluding tert-OH is 1. The molecule has 0 bridgehead atoms. The molecule has 0 aliphatic carbocycles. The molecule has 3 rings (SSSR count). The van der Waals surface area contributed by atoms with E-state index in [4.69, 9.17) is 4.74 Å². The zero-order valence-corrected chi connectivity index (χ0v) is 11.9. The van der Waals surface area contributed by atoms with Crippen LogP contribution in [0.5, 0.6) is 0 Å². The maximum atomic E-state index is 11.5. The predicted octanol–water partition coefficient (Wildman–Crippen LogP) is 2.18. The maximum Gasteiger partial charge on any atom is 0.338 e. The van der Waals surface area contributed by atoms with Crippen molar-refractivity contribution in [3.63, 3.8) is 0 Å². The summed E-state index contributed by atoms with van der Waals surface area (Å²) >= 11 is 0. The molecule has 0 radical (unpaired) electrons. The van der Waals surface area contributed by atoms with Gasteiger partial charge < -0.3 is 14.7 Å². The van der Waals surface area contributed by atoms with Gasteiger partial charge in [0, 0.05) is 12.1 Å². The monoisotopic (exact) mass is 275 g/mol. The number of likely N-dealkylation sites (tertiary alicyclic amines) is 1. The molecular formula is C16H21NO3. The van der Waals surface area contributed by atoms with Gasteiger partial charge in [-0.1, -0.05) is 12.5 Å². The van der Waals surface area contributed by atoms with Crippen LogP contribution in [0.15, 0.2) is 12.1 Å². The van der Waals surface area contributed by atoms with Crippen LogP contribution in [-0.2, 0) is 11.3 Å². The van der Waals surface area contributed by atoms with Gasteiger partial charge in [0.2, 0.25) is 0 Å². The fourth-order valence-electron chi connectivity index (χ4n) is 3.21. The van der Waals surface area contributed by atoms with Crippen LogP contribution in [0.2, 0.25) is 0 Å². The Kier molecular flexibility index (Phi) is 3.76. The van der Waals surface area contributed by atoms with Crippen LogP contribution in [0.3, 0.4) is 0 Å². The van der Waals surface area contributed by atoms with Crippen LogP contribution >= 0.6 is 0 Å². The molecule has 1 aromatic carbocycles. The molecule has 1 fully saturated rings. The fourth-order valence-corrected chi connectivity index (χ4v) is 3.21. The number of nitrogens with zero attached hydrogens (tertiary/aromatic N) is 1. The van der Waals surface area contributed by atoms with Gasteiger partial charge in [0.15, 0.2) is 0 Å². The summed E-state index contributed by atoms with van der Waals surface area (Å²) in [6.07, 6.45) is 3.24. The van der Waals surface area contributed by atoms with Gasteiger partial charge in [-0.3, -0.25) is 0 Å². The minimum Gasteiger partial charge on any atom is -0.457 e. The average molecular weight is 275 g/mol. The summed E-state index contributed by atoms with van der Waals surface area (Å²) in [5.74, 6) is -0.250. The minimum atomic E-state index is -0.492. The average Bonchev–Trinajstić information content (AvgIpc) is 2.83. The van der Waals surface area contributed by atoms with Gasteiger partial charge in [-0.15, -0.1) is 0 Å². The summed E-state index contributed by atoms with van der Waals surface area (Å²) < 4.78 is 5.06. The van der Waals surface area contributed by atoms with Crippen molar-refractivity contribution in [3.8, 4) is 0 Å². The Balaban J connectivity index is 1.78. The van der Waals surface area contributed by atoms with E-state index in [0.717, 1.165) is 29.8 Å². The molecular weight excluding hydrogens is 254 g/mol. The van der Waals surface area contributed by atoms with E-state index < -0.39 is 6.10 Å². The molecule has 1 unspecified atom stereocenters. The van der Waals surface area contributed by atoms with E-state index in [2.05, 4.69) is 4.90 Å². The summed E-state index contributed by atoms with van der Waals surface area (Å²) in [6, 6.07) is 3.65. The number of rotatable bonds is 3. The van der Waals surface area contributed by atoms with Crippen molar-refractivity contribution in [3.05, 3.63) is 34.4 Å². The fraction of sp³-hybridized carbons (Fsp3) is 0.562. The summed E-state index contributed by atoms with van der Waals surface area (Å²) in [5.41, 5.74) is 3.51. The van der Waals surface area contributed by atoms with Crippen molar-refractivity contribution >= 4 is 5.97 Å². The molecule has 1 N–H and O–H groups in total. The number of ether oxygens (including phenoxy) is 1. The summed E-state index contributed by atoms with van der Waals surface area (Å²) in [4.78, 5) is 13.8. The molecule has 4 heteroatoms. The highest BCUT2D eigenvalue weighted by molar-refractivity contribution is 5.93. The van der Waals surface area contributed by atoms with Crippen molar-refractivity contribution in [2.24, 2.45) is 0 Å². The summed E-state index contributed by atoms with van der Waals surface area (Å²) in [5, 5.41) is 10.5. The van der Waals surface area contributed by atoms with E-state index in [-0.39, 0.29) is 5.97 Å². The van der Waals surface area contributed by atoms with E-state index in [0.29, 0.717) is 18.7 Å². The number of benzene rings is 1. The topological polar surface area (TPSA) is 49.8 Å². The molecule has 2 aliphatic rings. The second-order valence-corrected chi connectivity index (χ2v) is 5.76. The number of carbonyl (C=O) groups excluding carboxylic acids is 1. The lowest BCUT2D eigenvalue weighted by molar-refractivity contribution is 0.0535. The van der Waals surface area contributed by atoms with E-state index >= 15 is 0 Å². The molecule has 0 saturated carbocycles. The number of aliphatic hydroxyl groups is 1. The predicted molar refractivity (Wildman–Crippen MR) is 75.5 cm³/mol. The van der Waals surface area contributed by atoms with E-state index in [1.807, 2.05) is 13.0 Å². The molecule has 1 aromatic rings.